The Morgan fingerprint density at radius 1 is 1.14 bits per heavy atom. The fourth-order valence-corrected chi connectivity index (χ4v) is 1.86. The van der Waals surface area contributed by atoms with Gasteiger partial charge in [0.05, 0.1) is 13.7 Å². The Balaban J connectivity index is 2.74. The maximum absolute atomic E-state index is 8.76. The summed E-state index contributed by atoms with van der Waals surface area (Å²) in [6, 6.07) is 9.03. The standard InChI is InChI=1S/C17H20N2O2/c1-3-4-5-6-9-21-16-8-7-14(11-17(16)20-2)10-15(12-18)13-19/h7-8,10-11H,3-6,9H2,1-2H3. The SMILES string of the molecule is CCCCCCOc1ccc(C=C(C#N)C#N)cc1OC. The van der Waals surface area contributed by atoms with E-state index in [2.05, 4.69) is 6.92 Å². The molecule has 21 heavy (non-hydrogen) atoms. The average Bonchev–Trinajstić information content (AvgIpc) is 2.53. The predicted octanol–water partition coefficient (Wildman–Crippen LogP) is 4.08. The van der Waals surface area contributed by atoms with Crippen molar-refractivity contribution < 1.29 is 9.47 Å². The Morgan fingerprint density at radius 2 is 1.90 bits per heavy atom. The lowest BCUT2D eigenvalue weighted by atomic mass is 10.1. The summed E-state index contributed by atoms with van der Waals surface area (Å²) < 4.78 is 11.0. The van der Waals surface area contributed by atoms with Crippen molar-refractivity contribution in [2.24, 2.45) is 0 Å². The minimum absolute atomic E-state index is 0.0605. The van der Waals surface area contributed by atoms with Crippen LogP contribution in [0.5, 0.6) is 11.5 Å². The van der Waals surface area contributed by atoms with Crippen molar-refractivity contribution in [2.45, 2.75) is 32.6 Å². The van der Waals surface area contributed by atoms with E-state index in [1.807, 2.05) is 12.1 Å². The van der Waals surface area contributed by atoms with E-state index in [9.17, 15) is 0 Å². The molecule has 0 aromatic heterocycles. The van der Waals surface area contributed by atoms with Gasteiger partial charge in [-0.05, 0) is 30.2 Å². The molecule has 0 amide bonds. The van der Waals surface area contributed by atoms with Crippen LogP contribution in [0, 0.1) is 22.7 Å². The highest BCUT2D eigenvalue weighted by Crippen LogP contribution is 2.29. The maximum atomic E-state index is 8.76. The van der Waals surface area contributed by atoms with E-state index >= 15 is 0 Å². The van der Waals surface area contributed by atoms with Crippen molar-refractivity contribution in [1.82, 2.24) is 0 Å². The van der Waals surface area contributed by atoms with Crippen LogP contribution in [0.4, 0.5) is 0 Å². The Morgan fingerprint density at radius 3 is 2.52 bits per heavy atom. The molecule has 110 valence electrons. The molecule has 0 aliphatic carbocycles. The molecule has 0 unspecified atom stereocenters. The van der Waals surface area contributed by atoms with E-state index in [4.69, 9.17) is 20.0 Å². The molecule has 4 heteroatoms. The number of unbranched alkanes of at least 4 members (excludes halogenated alkanes) is 3. The second kappa shape index (κ2) is 9.44. The van der Waals surface area contributed by atoms with Crippen LogP contribution in [-0.4, -0.2) is 13.7 Å². The van der Waals surface area contributed by atoms with Gasteiger partial charge in [-0.25, -0.2) is 0 Å². The largest absolute Gasteiger partial charge is 0.493 e. The Labute approximate surface area is 126 Å². The number of allylic oxidation sites excluding steroid dienone is 1. The smallest absolute Gasteiger partial charge is 0.161 e. The van der Waals surface area contributed by atoms with Gasteiger partial charge in [0.25, 0.3) is 0 Å². The third-order valence-corrected chi connectivity index (χ3v) is 3.00. The van der Waals surface area contributed by atoms with Gasteiger partial charge in [0.1, 0.15) is 17.7 Å². The minimum atomic E-state index is 0.0605. The summed E-state index contributed by atoms with van der Waals surface area (Å²) in [5, 5.41) is 17.5. The van der Waals surface area contributed by atoms with Gasteiger partial charge in [0.2, 0.25) is 0 Å². The highest BCUT2D eigenvalue weighted by atomic mass is 16.5. The van der Waals surface area contributed by atoms with E-state index in [1.54, 1.807) is 25.3 Å². The van der Waals surface area contributed by atoms with Gasteiger partial charge in [0, 0.05) is 0 Å². The van der Waals surface area contributed by atoms with Gasteiger partial charge in [-0.15, -0.1) is 0 Å². The molecule has 0 fully saturated rings. The normalized spacial score (nSPS) is 9.33. The zero-order valence-electron chi connectivity index (χ0n) is 12.6. The molecule has 0 atom stereocenters. The lowest BCUT2D eigenvalue weighted by Crippen LogP contribution is -1.99. The minimum Gasteiger partial charge on any atom is -0.493 e. The summed E-state index contributed by atoms with van der Waals surface area (Å²) in [4.78, 5) is 0. The van der Waals surface area contributed by atoms with Crippen molar-refractivity contribution in [3.63, 3.8) is 0 Å². The van der Waals surface area contributed by atoms with Crippen LogP contribution in [0.25, 0.3) is 6.08 Å². The molecule has 1 aromatic rings. The number of hydrogen-bond acceptors (Lipinski definition) is 4. The lowest BCUT2D eigenvalue weighted by Gasteiger charge is -2.11. The fourth-order valence-electron chi connectivity index (χ4n) is 1.86. The summed E-state index contributed by atoms with van der Waals surface area (Å²) in [6.45, 7) is 2.83. The molecule has 1 aromatic carbocycles. The molecule has 1 rings (SSSR count). The molecule has 0 radical (unpaired) electrons. The molecule has 0 bridgehead atoms. The van der Waals surface area contributed by atoms with Crippen LogP contribution >= 0.6 is 0 Å². The predicted molar refractivity (Wildman–Crippen MR) is 81.8 cm³/mol. The summed E-state index contributed by atoms with van der Waals surface area (Å²) in [7, 11) is 1.57. The van der Waals surface area contributed by atoms with Crippen molar-refractivity contribution in [3.05, 3.63) is 29.3 Å². The van der Waals surface area contributed by atoms with Gasteiger partial charge in [-0.2, -0.15) is 10.5 Å². The molecule has 0 N–H and O–H groups in total. The van der Waals surface area contributed by atoms with Crippen LogP contribution in [0.2, 0.25) is 0 Å². The van der Waals surface area contributed by atoms with Crippen LogP contribution in [0.3, 0.4) is 0 Å². The van der Waals surface area contributed by atoms with Crippen LogP contribution < -0.4 is 9.47 Å². The number of nitrogens with zero attached hydrogens (tertiary/aromatic N) is 2. The molecule has 4 nitrogen and oxygen atoms in total. The topological polar surface area (TPSA) is 66.0 Å². The van der Waals surface area contributed by atoms with Crippen molar-refractivity contribution in [3.8, 4) is 23.6 Å². The third-order valence-electron chi connectivity index (χ3n) is 3.00. The lowest BCUT2D eigenvalue weighted by molar-refractivity contribution is 0.285. The quantitative estimate of drug-likeness (QED) is 0.533. The first-order valence-corrected chi connectivity index (χ1v) is 7.07. The van der Waals surface area contributed by atoms with Gasteiger partial charge in [0.15, 0.2) is 11.5 Å². The summed E-state index contributed by atoms with van der Waals surface area (Å²) in [5.74, 6) is 1.29. The molecule has 0 saturated heterocycles. The number of methoxy groups -OCH3 is 1. The first-order chi connectivity index (χ1) is 10.2. The number of rotatable bonds is 8. The number of benzene rings is 1. The molecule has 0 aliphatic rings. The summed E-state index contributed by atoms with van der Waals surface area (Å²) in [5.41, 5.74) is 0.800. The van der Waals surface area contributed by atoms with E-state index in [1.165, 1.54) is 18.9 Å². The summed E-state index contributed by atoms with van der Waals surface area (Å²) in [6.07, 6.45) is 6.12. The Kier molecular flexibility index (Phi) is 7.46. The molecule has 0 aliphatic heterocycles. The second-order valence-electron chi connectivity index (χ2n) is 4.60. The van der Waals surface area contributed by atoms with Crippen LogP contribution in [0.15, 0.2) is 23.8 Å². The second-order valence-corrected chi connectivity index (χ2v) is 4.60. The van der Waals surface area contributed by atoms with Gasteiger partial charge >= 0.3 is 0 Å². The van der Waals surface area contributed by atoms with Crippen molar-refractivity contribution in [1.29, 1.82) is 10.5 Å². The molecule has 0 spiro atoms. The van der Waals surface area contributed by atoms with Crippen molar-refractivity contribution in [2.75, 3.05) is 13.7 Å². The van der Waals surface area contributed by atoms with Gasteiger partial charge in [-0.3, -0.25) is 0 Å². The van der Waals surface area contributed by atoms with Crippen LogP contribution in [0.1, 0.15) is 38.2 Å². The highest BCUT2D eigenvalue weighted by Gasteiger charge is 2.05. The van der Waals surface area contributed by atoms with Crippen LogP contribution in [-0.2, 0) is 0 Å². The van der Waals surface area contributed by atoms with Gasteiger partial charge < -0.3 is 9.47 Å². The maximum Gasteiger partial charge on any atom is 0.161 e. The van der Waals surface area contributed by atoms with E-state index in [0.717, 1.165) is 18.4 Å². The number of hydrogen-bond donors (Lipinski definition) is 0. The molecular weight excluding hydrogens is 264 g/mol. The third kappa shape index (κ3) is 5.58. The highest BCUT2D eigenvalue weighted by molar-refractivity contribution is 5.64. The Bertz CT molecular complexity index is 549. The molecule has 0 saturated carbocycles. The van der Waals surface area contributed by atoms with Gasteiger partial charge in [-0.1, -0.05) is 32.3 Å². The van der Waals surface area contributed by atoms with Crippen molar-refractivity contribution >= 4 is 6.08 Å². The summed E-state index contributed by atoms with van der Waals surface area (Å²) >= 11 is 0. The first kappa shape index (κ1) is 16.6. The monoisotopic (exact) mass is 284 g/mol. The number of nitriles is 2. The molecule has 0 heterocycles. The zero-order chi connectivity index (χ0) is 15.5. The van der Waals surface area contributed by atoms with E-state index in [-0.39, 0.29) is 5.57 Å². The molecular formula is C17H20N2O2. The Hall–Kier alpha value is -2.46. The zero-order valence-corrected chi connectivity index (χ0v) is 12.6. The average molecular weight is 284 g/mol. The fraction of sp³-hybridized carbons (Fsp3) is 0.412. The first-order valence-electron chi connectivity index (χ1n) is 7.07. The van der Waals surface area contributed by atoms with E-state index in [0.29, 0.717) is 18.1 Å². The number of ether oxygens (including phenoxy) is 2. The van der Waals surface area contributed by atoms with E-state index < -0.39 is 0 Å².